The molecule has 3 nitrogen and oxygen atoms in total. The summed E-state index contributed by atoms with van der Waals surface area (Å²) in [6, 6.07) is 16.6. The quantitative estimate of drug-likeness (QED) is 0.159. The summed E-state index contributed by atoms with van der Waals surface area (Å²) in [5, 5.41) is -0.205. The van der Waals surface area contributed by atoms with Gasteiger partial charge in [0.05, 0.1) is 13.2 Å². The lowest BCUT2D eigenvalue weighted by Crippen LogP contribution is -2.16. The van der Waals surface area contributed by atoms with Gasteiger partial charge in [0, 0.05) is 4.90 Å². The van der Waals surface area contributed by atoms with Crippen molar-refractivity contribution in [2.24, 2.45) is 0 Å². The van der Waals surface area contributed by atoms with Gasteiger partial charge in [-0.05, 0) is 55.7 Å². The van der Waals surface area contributed by atoms with Crippen LogP contribution >= 0.6 is 11.8 Å². The number of carbonyl (C=O) groups is 1. The minimum Gasteiger partial charge on any atom is -0.494 e. The highest BCUT2D eigenvalue weighted by molar-refractivity contribution is 8.00. The fourth-order valence-corrected chi connectivity index (χ4v) is 4.27. The maximum absolute atomic E-state index is 11.8. The average Bonchev–Trinajstić information content (AvgIpc) is 2.79. The van der Waals surface area contributed by atoms with Gasteiger partial charge in [-0.15, -0.1) is 11.8 Å². The van der Waals surface area contributed by atoms with Crippen LogP contribution in [0.3, 0.4) is 0 Å². The van der Waals surface area contributed by atoms with Crippen molar-refractivity contribution in [1.29, 1.82) is 0 Å². The molecule has 2 rings (SSSR count). The number of carbonyl (C=O) groups excluding carboxylic acids is 1. The molecule has 0 unspecified atom stereocenters. The molecule has 0 aromatic heterocycles. The third-order valence-electron chi connectivity index (χ3n) is 5.24. The summed E-state index contributed by atoms with van der Waals surface area (Å²) >= 11 is 1.52. The zero-order chi connectivity index (χ0) is 22.3. The monoisotopic (exact) mass is 442 g/mol. The lowest BCUT2D eigenvalue weighted by atomic mass is 10.1. The van der Waals surface area contributed by atoms with E-state index in [-0.39, 0.29) is 11.2 Å². The van der Waals surface area contributed by atoms with E-state index in [1.165, 1.54) is 56.7 Å². The van der Waals surface area contributed by atoms with Gasteiger partial charge >= 0.3 is 5.97 Å². The molecule has 0 saturated heterocycles. The fraction of sp³-hybridized carbons (Fsp3) is 0.519. The molecule has 31 heavy (non-hydrogen) atoms. The molecule has 0 bridgehead atoms. The van der Waals surface area contributed by atoms with E-state index in [1.54, 1.807) is 0 Å². The van der Waals surface area contributed by atoms with Crippen LogP contribution in [0.4, 0.5) is 0 Å². The minimum absolute atomic E-state index is 0.167. The number of hydrogen-bond donors (Lipinski definition) is 0. The first-order valence-electron chi connectivity index (χ1n) is 11.8. The Labute approximate surface area is 192 Å². The number of thioether (sulfide) groups is 1. The second kappa shape index (κ2) is 15.0. The van der Waals surface area contributed by atoms with E-state index in [9.17, 15) is 4.79 Å². The van der Waals surface area contributed by atoms with Crippen LogP contribution in [0.15, 0.2) is 53.4 Å². The summed E-state index contributed by atoms with van der Waals surface area (Å²) in [7, 11) is 0. The zero-order valence-electron chi connectivity index (χ0n) is 19.4. The smallest absolute Gasteiger partial charge is 0.319 e. The maximum Gasteiger partial charge on any atom is 0.319 e. The number of ether oxygens (including phenoxy) is 2. The number of hydrogen-bond acceptors (Lipinski definition) is 4. The average molecular weight is 443 g/mol. The summed E-state index contributed by atoms with van der Waals surface area (Å²) in [4.78, 5) is 12.9. The molecule has 0 spiro atoms. The molecule has 0 aliphatic rings. The van der Waals surface area contributed by atoms with Gasteiger partial charge in [-0.3, -0.25) is 4.79 Å². The first-order valence-corrected chi connectivity index (χ1v) is 12.7. The van der Waals surface area contributed by atoms with Gasteiger partial charge in [0.15, 0.2) is 0 Å². The Morgan fingerprint density at radius 2 is 1.35 bits per heavy atom. The van der Waals surface area contributed by atoms with Crippen LogP contribution in [0.25, 0.3) is 11.1 Å². The molecule has 2 aromatic rings. The van der Waals surface area contributed by atoms with Gasteiger partial charge in [0.2, 0.25) is 0 Å². The van der Waals surface area contributed by atoms with Crippen LogP contribution in [0.5, 0.6) is 5.75 Å². The van der Waals surface area contributed by atoms with Gasteiger partial charge in [0.1, 0.15) is 11.0 Å². The van der Waals surface area contributed by atoms with Crippen LogP contribution < -0.4 is 4.74 Å². The molecule has 0 amide bonds. The van der Waals surface area contributed by atoms with Crippen molar-refractivity contribution in [1.82, 2.24) is 0 Å². The van der Waals surface area contributed by atoms with Gasteiger partial charge in [0.25, 0.3) is 0 Å². The first-order chi connectivity index (χ1) is 15.1. The van der Waals surface area contributed by atoms with Crippen molar-refractivity contribution in [3.63, 3.8) is 0 Å². The third kappa shape index (κ3) is 9.82. The first kappa shape index (κ1) is 25.3. The molecule has 4 heteroatoms. The molecule has 170 valence electrons. The molecule has 0 aliphatic heterocycles. The van der Waals surface area contributed by atoms with Crippen molar-refractivity contribution >= 4 is 17.7 Å². The summed E-state index contributed by atoms with van der Waals surface area (Å²) < 4.78 is 11.0. The van der Waals surface area contributed by atoms with Crippen molar-refractivity contribution in [2.75, 3.05) is 13.2 Å². The summed E-state index contributed by atoms with van der Waals surface area (Å²) in [6.07, 6.45) is 10.5. The molecule has 2 aromatic carbocycles. The predicted molar refractivity (Wildman–Crippen MR) is 132 cm³/mol. The Bertz CT molecular complexity index is 740. The molecule has 1 atom stereocenters. The SMILES string of the molecule is CCCCCCCCCCOc1ccc(-c2ccc(S[C@H](C)C(=O)OCC)cc2)cc1. The van der Waals surface area contributed by atoms with Crippen LogP contribution in [-0.4, -0.2) is 24.4 Å². The molecule has 0 N–H and O–H groups in total. The Morgan fingerprint density at radius 3 is 1.94 bits per heavy atom. The second-order valence-electron chi connectivity index (χ2n) is 7.88. The van der Waals surface area contributed by atoms with Crippen LogP contribution in [-0.2, 0) is 9.53 Å². The van der Waals surface area contributed by atoms with E-state index in [0.29, 0.717) is 6.61 Å². The highest BCUT2D eigenvalue weighted by Crippen LogP contribution is 2.28. The number of esters is 1. The van der Waals surface area contributed by atoms with Crippen molar-refractivity contribution in [3.05, 3.63) is 48.5 Å². The molecule has 0 saturated carbocycles. The molecule has 0 aliphatic carbocycles. The van der Waals surface area contributed by atoms with E-state index in [2.05, 4.69) is 43.3 Å². The van der Waals surface area contributed by atoms with Crippen molar-refractivity contribution in [2.45, 2.75) is 82.3 Å². The summed E-state index contributed by atoms with van der Waals surface area (Å²) in [5.41, 5.74) is 2.32. The van der Waals surface area contributed by atoms with Crippen LogP contribution in [0, 0.1) is 0 Å². The van der Waals surface area contributed by atoms with Gasteiger partial charge in [-0.25, -0.2) is 0 Å². The van der Waals surface area contributed by atoms with E-state index in [0.717, 1.165) is 34.8 Å². The largest absolute Gasteiger partial charge is 0.494 e. The van der Waals surface area contributed by atoms with E-state index >= 15 is 0 Å². The molecule has 0 heterocycles. The third-order valence-corrected chi connectivity index (χ3v) is 6.33. The molecule has 0 radical (unpaired) electrons. The standard InChI is InChI=1S/C27H38O3S/c1-4-6-7-8-9-10-11-12-21-30-25-17-13-23(14-18-25)24-15-19-26(20-16-24)31-22(3)27(28)29-5-2/h13-20,22H,4-12,21H2,1-3H3/t22-/m1/s1. The van der Waals surface area contributed by atoms with E-state index in [4.69, 9.17) is 9.47 Å². The van der Waals surface area contributed by atoms with Crippen LogP contribution in [0.2, 0.25) is 0 Å². The predicted octanol–water partition coefficient (Wildman–Crippen LogP) is 7.92. The highest BCUT2D eigenvalue weighted by atomic mass is 32.2. The molecular weight excluding hydrogens is 404 g/mol. The molecule has 0 fully saturated rings. The van der Waals surface area contributed by atoms with Crippen LogP contribution in [0.1, 0.15) is 72.1 Å². The lowest BCUT2D eigenvalue weighted by Gasteiger charge is -2.11. The molecular formula is C27H38O3S. The summed E-state index contributed by atoms with van der Waals surface area (Å²) in [5.74, 6) is 0.765. The fourth-order valence-electron chi connectivity index (χ4n) is 3.41. The van der Waals surface area contributed by atoms with E-state index in [1.807, 2.05) is 26.0 Å². The zero-order valence-corrected chi connectivity index (χ0v) is 20.2. The Morgan fingerprint density at radius 1 is 0.806 bits per heavy atom. The Balaban J connectivity index is 1.72. The maximum atomic E-state index is 11.8. The Hall–Kier alpha value is -1.94. The highest BCUT2D eigenvalue weighted by Gasteiger charge is 2.15. The van der Waals surface area contributed by atoms with Crippen molar-refractivity contribution in [3.8, 4) is 16.9 Å². The van der Waals surface area contributed by atoms with Gasteiger partial charge < -0.3 is 9.47 Å². The Kier molecular flexibility index (Phi) is 12.2. The number of unbranched alkanes of at least 4 members (excludes halogenated alkanes) is 7. The minimum atomic E-state index is -0.205. The van der Waals surface area contributed by atoms with Crippen molar-refractivity contribution < 1.29 is 14.3 Å². The second-order valence-corrected chi connectivity index (χ2v) is 9.30. The summed E-state index contributed by atoms with van der Waals surface area (Å²) in [6.45, 7) is 7.18. The topological polar surface area (TPSA) is 35.5 Å². The normalized spacial score (nSPS) is 11.8. The lowest BCUT2D eigenvalue weighted by molar-refractivity contribution is -0.142. The number of rotatable bonds is 15. The van der Waals surface area contributed by atoms with E-state index < -0.39 is 0 Å². The van der Waals surface area contributed by atoms with Gasteiger partial charge in [-0.1, -0.05) is 76.1 Å². The van der Waals surface area contributed by atoms with Gasteiger partial charge in [-0.2, -0.15) is 0 Å². The number of benzene rings is 2.